The van der Waals surface area contributed by atoms with Crippen molar-refractivity contribution in [1.82, 2.24) is 5.32 Å². The lowest BCUT2D eigenvalue weighted by Crippen LogP contribution is -2.53. The summed E-state index contributed by atoms with van der Waals surface area (Å²) in [5.41, 5.74) is 2.54. The van der Waals surface area contributed by atoms with Crippen LogP contribution in [0.4, 0.5) is 0 Å². The molecular formula is C22H35NO. The highest BCUT2D eigenvalue weighted by molar-refractivity contribution is 5.25. The van der Waals surface area contributed by atoms with Crippen molar-refractivity contribution in [3.05, 3.63) is 11.6 Å². The summed E-state index contributed by atoms with van der Waals surface area (Å²) in [6, 6.07) is 1.63. The predicted octanol–water partition coefficient (Wildman–Crippen LogP) is 4.43. The van der Waals surface area contributed by atoms with E-state index in [4.69, 9.17) is 0 Å². The number of allylic oxidation sites excluding steroid dienone is 1. The SMILES string of the molecule is C[C@]12CC[C@H]3[C@@H](CC=C4CC(O)CC[C@@]43C)[C@@H]1CC[C@@H]2NC1CC1. The predicted molar refractivity (Wildman–Crippen MR) is 97.7 cm³/mol. The third-order valence-corrected chi connectivity index (χ3v) is 9.09. The molecule has 2 heteroatoms. The molecule has 0 aromatic heterocycles. The number of hydrogen-bond acceptors (Lipinski definition) is 2. The fourth-order valence-corrected chi connectivity index (χ4v) is 7.45. The van der Waals surface area contributed by atoms with Crippen LogP contribution in [0.3, 0.4) is 0 Å². The highest BCUT2D eigenvalue weighted by Gasteiger charge is 2.58. The minimum Gasteiger partial charge on any atom is -0.393 e. The van der Waals surface area contributed by atoms with Gasteiger partial charge in [0, 0.05) is 12.1 Å². The number of rotatable bonds is 2. The molecule has 4 saturated carbocycles. The lowest BCUT2D eigenvalue weighted by molar-refractivity contribution is -0.0435. The van der Waals surface area contributed by atoms with Crippen LogP contribution < -0.4 is 5.32 Å². The third-order valence-electron chi connectivity index (χ3n) is 9.09. The summed E-state index contributed by atoms with van der Waals surface area (Å²) in [5.74, 6) is 2.70. The molecule has 24 heavy (non-hydrogen) atoms. The Kier molecular flexibility index (Phi) is 3.53. The lowest BCUT2D eigenvalue weighted by atomic mass is 9.48. The molecule has 0 aromatic rings. The van der Waals surface area contributed by atoms with Gasteiger partial charge in [-0.05, 0) is 92.8 Å². The van der Waals surface area contributed by atoms with Crippen LogP contribution in [-0.4, -0.2) is 23.3 Å². The highest BCUT2D eigenvalue weighted by Crippen LogP contribution is 2.64. The first-order valence-electron chi connectivity index (χ1n) is 10.6. The van der Waals surface area contributed by atoms with Gasteiger partial charge < -0.3 is 10.4 Å². The van der Waals surface area contributed by atoms with Crippen LogP contribution in [0, 0.1) is 28.6 Å². The van der Waals surface area contributed by atoms with Gasteiger partial charge in [0.2, 0.25) is 0 Å². The molecule has 4 fully saturated rings. The average molecular weight is 330 g/mol. The largest absolute Gasteiger partial charge is 0.393 e. The van der Waals surface area contributed by atoms with E-state index < -0.39 is 0 Å². The van der Waals surface area contributed by atoms with Gasteiger partial charge in [0.1, 0.15) is 0 Å². The molecule has 0 heterocycles. The molecule has 0 radical (unpaired) electrons. The van der Waals surface area contributed by atoms with Crippen LogP contribution in [0.1, 0.15) is 78.1 Å². The van der Waals surface area contributed by atoms with Crippen LogP contribution in [0.5, 0.6) is 0 Å². The Balaban J connectivity index is 1.42. The molecule has 5 aliphatic carbocycles. The Bertz CT molecular complexity index is 552. The first-order valence-corrected chi connectivity index (χ1v) is 10.6. The van der Waals surface area contributed by atoms with Crippen LogP contribution in [0.25, 0.3) is 0 Å². The van der Waals surface area contributed by atoms with E-state index in [9.17, 15) is 5.11 Å². The van der Waals surface area contributed by atoms with Crippen LogP contribution in [0.2, 0.25) is 0 Å². The fourth-order valence-electron chi connectivity index (χ4n) is 7.45. The molecule has 0 aliphatic heterocycles. The van der Waals surface area contributed by atoms with E-state index in [0.717, 1.165) is 42.7 Å². The maximum absolute atomic E-state index is 10.1. The highest BCUT2D eigenvalue weighted by atomic mass is 16.3. The van der Waals surface area contributed by atoms with Crippen molar-refractivity contribution in [2.24, 2.45) is 28.6 Å². The molecule has 7 atom stereocenters. The molecule has 5 aliphatic rings. The Labute approximate surface area is 147 Å². The van der Waals surface area contributed by atoms with E-state index in [-0.39, 0.29) is 6.10 Å². The Morgan fingerprint density at radius 3 is 2.62 bits per heavy atom. The summed E-state index contributed by atoms with van der Waals surface area (Å²) >= 11 is 0. The van der Waals surface area contributed by atoms with Gasteiger partial charge in [0.25, 0.3) is 0 Å². The monoisotopic (exact) mass is 329 g/mol. The number of hydrogen-bond donors (Lipinski definition) is 2. The second kappa shape index (κ2) is 5.33. The van der Waals surface area contributed by atoms with E-state index in [0.29, 0.717) is 10.8 Å². The van der Waals surface area contributed by atoms with Gasteiger partial charge in [0.15, 0.2) is 0 Å². The summed E-state index contributed by atoms with van der Waals surface area (Å²) < 4.78 is 0. The normalized spacial score (nSPS) is 53.8. The van der Waals surface area contributed by atoms with Crippen molar-refractivity contribution in [3.8, 4) is 0 Å². The van der Waals surface area contributed by atoms with Gasteiger partial charge in [-0.25, -0.2) is 0 Å². The van der Waals surface area contributed by atoms with E-state index >= 15 is 0 Å². The van der Waals surface area contributed by atoms with E-state index in [1.807, 2.05) is 0 Å². The van der Waals surface area contributed by atoms with Crippen LogP contribution in [-0.2, 0) is 0 Å². The standard InChI is InChI=1S/C22H35NO/c1-21-11-9-16(24)13-14(21)3-6-17-18-7-8-20(23-15-4-5-15)22(18,2)12-10-19(17)21/h3,15-20,23-24H,4-13H2,1-2H3/t16?,17-,18-,19-,20-,21-,22-/m0/s1. The number of aliphatic hydroxyl groups excluding tert-OH is 1. The first kappa shape index (κ1) is 15.9. The Hall–Kier alpha value is -0.340. The first-order chi connectivity index (χ1) is 11.5. The zero-order valence-corrected chi connectivity index (χ0v) is 15.6. The summed E-state index contributed by atoms with van der Waals surface area (Å²) in [7, 11) is 0. The van der Waals surface area contributed by atoms with Crippen molar-refractivity contribution in [1.29, 1.82) is 0 Å². The zero-order chi connectivity index (χ0) is 16.5. The van der Waals surface area contributed by atoms with Gasteiger partial charge in [-0.2, -0.15) is 0 Å². The topological polar surface area (TPSA) is 32.3 Å². The van der Waals surface area contributed by atoms with Crippen molar-refractivity contribution >= 4 is 0 Å². The summed E-state index contributed by atoms with van der Waals surface area (Å²) in [4.78, 5) is 0. The number of nitrogens with one attached hydrogen (secondary N) is 1. The van der Waals surface area contributed by atoms with Gasteiger partial charge in [-0.15, -0.1) is 0 Å². The van der Waals surface area contributed by atoms with Crippen LogP contribution >= 0.6 is 0 Å². The van der Waals surface area contributed by atoms with Crippen molar-refractivity contribution in [3.63, 3.8) is 0 Å². The van der Waals surface area contributed by atoms with E-state index in [1.165, 1.54) is 51.4 Å². The van der Waals surface area contributed by atoms with Gasteiger partial charge in [-0.3, -0.25) is 0 Å². The second-order valence-corrected chi connectivity index (χ2v) is 10.3. The molecule has 2 N–H and O–H groups in total. The maximum Gasteiger partial charge on any atom is 0.0577 e. The molecule has 0 amide bonds. The van der Waals surface area contributed by atoms with E-state index in [1.54, 1.807) is 5.57 Å². The molecule has 0 aromatic carbocycles. The average Bonchev–Trinajstić information content (AvgIpc) is 3.31. The minimum absolute atomic E-state index is 0.0756. The fraction of sp³-hybridized carbons (Fsp3) is 0.909. The summed E-state index contributed by atoms with van der Waals surface area (Å²) in [5, 5.41) is 14.1. The van der Waals surface area contributed by atoms with Gasteiger partial charge >= 0.3 is 0 Å². The summed E-state index contributed by atoms with van der Waals surface area (Å²) in [6.07, 6.45) is 15.5. The van der Waals surface area contributed by atoms with Crippen molar-refractivity contribution < 1.29 is 5.11 Å². The molecule has 134 valence electrons. The number of aliphatic hydroxyl groups is 1. The molecular weight excluding hydrogens is 294 g/mol. The summed E-state index contributed by atoms with van der Waals surface area (Å²) in [6.45, 7) is 5.16. The number of fused-ring (bicyclic) bond motifs is 5. The second-order valence-electron chi connectivity index (χ2n) is 10.3. The molecule has 1 unspecified atom stereocenters. The lowest BCUT2D eigenvalue weighted by Gasteiger charge is -2.58. The zero-order valence-electron chi connectivity index (χ0n) is 15.6. The Morgan fingerprint density at radius 1 is 1.00 bits per heavy atom. The van der Waals surface area contributed by atoms with Gasteiger partial charge in [-0.1, -0.05) is 25.5 Å². The Morgan fingerprint density at radius 2 is 1.83 bits per heavy atom. The maximum atomic E-state index is 10.1. The molecule has 2 nitrogen and oxygen atoms in total. The van der Waals surface area contributed by atoms with Crippen LogP contribution in [0.15, 0.2) is 11.6 Å². The van der Waals surface area contributed by atoms with Crippen molar-refractivity contribution in [2.75, 3.05) is 0 Å². The van der Waals surface area contributed by atoms with Crippen molar-refractivity contribution in [2.45, 2.75) is 96.2 Å². The van der Waals surface area contributed by atoms with Gasteiger partial charge in [0.05, 0.1) is 6.10 Å². The minimum atomic E-state index is -0.0756. The smallest absolute Gasteiger partial charge is 0.0577 e. The molecule has 0 bridgehead atoms. The molecule has 0 saturated heterocycles. The molecule has 0 spiro atoms. The quantitative estimate of drug-likeness (QED) is 0.735. The third kappa shape index (κ3) is 2.21. The van der Waals surface area contributed by atoms with E-state index in [2.05, 4.69) is 25.2 Å². The molecule has 5 rings (SSSR count).